The lowest BCUT2D eigenvalue weighted by Crippen LogP contribution is -2.43. The Labute approximate surface area is 98.8 Å². The van der Waals surface area contributed by atoms with Gasteiger partial charge in [0.05, 0.1) is 5.69 Å². The zero-order chi connectivity index (χ0) is 11.8. The van der Waals surface area contributed by atoms with Gasteiger partial charge < -0.3 is 15.2 Å². The summed E-state index contributed by atoms with van der Waals surface area (Å²) in [6.07, 6.45) is 3.69. The van der Waals surface area contributed by atoms with Crippen molar-refractivity contribution in [2.75, 3.05) is 18.0 Å². The van der Waals surface area contributed by atoms with Crippen molar-refractivity contribution >= 4 is 16.9 Å². The molecular weight excluding hydrogens is 218 g/mol. The van der Waals surface area contributed by atoms with E-state index in [2.05, 4.69) is 20.0 Å². The lowest BCUT2D eigenvalue weighted by molar-refractivity contribution is 0.442. The Balaban J connectivity index is 2.07. The van der Waals surface area contributed by atoms with Crippen LogP contribution in [0, 0.1) is 6.92 Å². The van der Waals surface area contributed by atoms with Crippen LogP contribution in [0.15, 0.2) is 10.9 Å². The van der Waals surface area contributed by atoms with E-state index in [1.54, 1.807) is 0 Å². The van der Waals surface area contributed by atoms with E-state index in [1.165, 1.54) is 6.33 Å². The lowest BCUT2D eigenvalue weighted by atomic mass is 10.1. The van der Waals surface area contributed by atoms with Crippen LogP contribution in [0.25, 0.3) is 11.1 Å². The first-order valence-electron chi connectivity index (χ1n) is 5.83. The van der Waals surface area contributed by atoms with Gasteiger partial charge in [0, 0.05) is 19.1 Å². The number of fused-ring (bicyclic) bond motifs is 1. The molecule has 0 saturated carbocycles. The number of hydrogen-bond acceptors (Lipinski definition) is 6. The van der Waals surface area contributed by atoms with Crippen LogP contribution in [0.4, 0.5) is 5.82 Å². The smallest absolute Gasteiger partial charge is 0.263 e. The van der Waals surface area contributed by atoms with Gasteiger partial charge in [-0.1, -0.05) is 5.16 Å². The molecule has 0 bridgehead atoms. The number of piperidine rings is 1. The molecule has 3 rings (SSSR count). The summed E-state index contributed by atoms with van der Waals surface area (Å²) in [5.74, 6) is 0.893. The first kappa shape index (κ1) is 10.5. The van der Waals surface area contributed by atoms with Crippen LogP contribution in [0.5, 0.6) is 0 Å². The van der Waals surface area contributed by atoms with Crippen LogP contribution >= 0.6 is 0 Å². The summed E-state index contributed by atoms with van der Waals surface area (Å²) in [6, 6.07) is 0.217. The van der Waals surface area contributed by atoms with Gasteiger partial charge in [-0.15, -0.1) is 0 Å². The molecule has 17 heavy (non-hydrogen) atoms. The molecule has 1 aliphatic rings. The number of nitrogens with zero attached hydrogens (tertiary/aromatic N) is 4. The van der Waals surface area contributed by atoms with Gasteiger partial charge in [0.25, 0.3) is 5.71 Å². The standard InChI is InChI=1S/C11H15N5O/c1-7-9-10(13-6-14-11(9)17-15-7)16-4-2-3-8(12)5-16/h6,8H,2-5,12H2,1H3. The molecular formula is C11H15N5O. The molecule has 1 unspecified atom stereocenters. The van der Waals surface area contributed by atoms with Gasteiger partial charge >= 0.3 is 0 Å². The fourth-order valence-electron chi connectivity index (χ4n) is 2.35. The van der Waals surface area contributed by atoms with Crippen molar-refractivity contribution in [1.82, 2.24) is 15.1 Å². The van der Waals surface area contributed by atoms with Crippen LogP contribution in [-0.4, -0.2) is 34.3 Å². The molecule has 6 heteroatoms. The van der Waals surface area contributed by atoms with Gasteiger partial charge in [-0.25, -0.2) is 4.98 Å². The maximum absolute atomic E-state index is 6.00. The van der Waals surface area contributed by atoms with E-state index in [0.29, 0.717) is 5.71 Å². The molecule has 2 N–H and O–H groups in total. The third-order valence-electron chi connectivity index (χ3n) is 3.18. The number of aromatic nitrogens is 3. The molecule has 6 nitrogen and oxygen atoms in total. The Bertz CT molecular complexity index is 538. The third-order valence-corrected chi connectivity index (χ3v) is 3.18. The second-order valence-corrected chi connectivity index (χ2v) is 4.49. The van der Waals surface area contributed by atoms with Gasteiger partial charge in [-0.3, -0.25) is 0 Å². The first-order chi connectivity index (χ1) is 8.25. The van der Waals surface area contributed by atoms with Crippen molar-refractivity contribution in [2.24, 2.45) is 5.73 Å². The molecule has 0 aliphatic carbocycles. The Hall–Kier alpha value is -1.69. The molecule has 1 saturated heterocycles. The monoisotopic (exact) mass is 233 g/mol. The van der Waals surface area contributed by atoms with Gasteiger partial charge in [0.1, 0.15) is 17.5 Å². The van der Waals surface area contributed by atoms with Gasteiger partial charge in [-0.2, -0.15) is 4.98 Å². The van der Waals surface area contributed by atoms with Crippen LogP contribution in [0.3, 0.4) is 0 Å². The highest BCUT2D eigenvalue weighted by Gasteiger charge is 2.22. The van der Waals surface area contributed by atoms with Crippen molar-refractivity contribution < 1.29 is 4.52 Å². The van der Waals surface area contributed by atoms with Crippen molar-refractivity contribution in [3.05, 3.63) is 12.0 Å². The number of aryl methyl sites for hydroxylation is 1. The minimum Gasteiger partial charge on any atom is -0.354 e. The number of anilines is 1. The molecule has 2 aromatic rings. The molecule has 3 heterocycles. The maximum atomic E-state index is 6.00. The van der Waals surface area contributed by atoms with Gasteiger partial charge in [-0.05, 0) is 19.8 Å². The summed E-state index contributed by atoms with van der Waals surface area (Å²) in [5, 5.41) is 4.84. The summed E-state index contributed by atoms with van der Waals surface area (Å²) >= 11 is 0. The van der Waals surface area contributed by atoms with Crippen LogP contribution in [-0.2, 0) is 0 Å². The quantitative estimate of drug-likeness (QED) is 0.786. The number of rotatable bonds is 1. The average molecular weight is 233 g/mol. The molecule has 1 fully saturated rings. The number of hydrogen-bond donors (Lipinski definition) is 1. The van der Waals surface area contributed by atoms with E-state index in [9.17, 15) is 0 Å². The van der Waals surface area contributed by atoms with E-state index in [0.717, 1.165) is 42.8 Å². The minimum absolute atomic E-state index is 0.217. The van der Waals surface area contributed by atoms with Crippen molar-refractivity contribution in [3.8, 4) is 0 Å². The zero-order valence-corrected chi connectivity index (χ0v) is 9.76. The van der Waals surface area contributed by atoms with Gasteiger partial charge in [0.15, 0.2) is 0 Å². The first-order valence-corrected chi connectivity index (χ1v) is 5.83. The van der Waals surface area contributed by atoms with E-state index >= 15 is 0 Å². The van der Waals surface area contributed by atoms with E-state index in [-0.39, 0.29) is 6.04 Å². The second-order valence-electron chi connectivity index (χ2n) is 4.49. The Morgan fingerprint density at radius 3 is 3.18 bits per heavy atom. The Kier molecular flexibility index (Phi) is 2.44. The highest BCUT2D eigenvalue weighted by atomic mass is 16.5. The Morgan fingerprint density at radius 2 is 2.35 bits per heavy atom. The van der Waals surface area contributed by atoms with E-state index < -0.39 is 0 Å². The minimum atomic E-state index is 0.217. The normalized spacial score (nSPS) is 21.1. The molecule has 0 amide bonds. The molecule has 1 aliphatic heterocycles. The fourth-order valence-corrected chi connectivity index (χ4v) is 2.35. The van der Waals surface area contributed by atoms with Crippen molar-refractivity contribution in [2.45, 2.75) is 25.8 Å². The van der Waals surface area contributed by atoms with Crippen LogP contribution < -0.4 is 10.6 Å². The van der Waals surface area contributed by atoms with E-state index in [1.807, 2.05) is 6.92 Å². The summed E-state index contributed by atoms with van der Waals surface area (Å²) < 4.78 is 5.15. The highest BCUT2D eigenvalue weighted by Crippen LogP contribution is 2.27. The summed E-state index contributed by atoms with van der Waals surface area (Å²) in [6.45, 7) is 3.71. The predicted octanol–water partition coefficient (Wildman–Crippen LogP) is 0.854. The van der Waals surface area contributed by atoms with E-state index in [4.69, 9.17) is 10.3 Å². The van der Waals surface area contributed by atoms with Gasteiger partial charge in [0.2, 0.25) is 0 Å². The lowest BCUT2D eigenvalue weighted by Gasteiger charge is -2.31. The highest BCUT2D eigenvalue weighted by molar-refractivity contribution is 5.87. The largest absolute Gasteiger partial charge is 0.354 e. The molecule has 2 aromatic heterocycles. The molecule has 0 aromatic carbocycles. The molecule has 0 radical (unpaired) electrons. The van der Waals surface area contributed by atoms with Crippen molar-refractivity contribution in [3.63, 3.8) is 0 Å². The van der Waals surface area contributed by atoms with Crippen LogP contribution in [0.2, 0.25) is 0 Å². The fraction of sp³-hybridized carbons (Fsp3) is 0.545. The third kappa shape index (κ3) is 1.74. The average Bonchev–Trinajstić information content (AvgIpc) is 2.71. The summed E-state index contributed by atoms with van der Waals surface area (Å²) in [4.78, 5) is 10.6. The second kappa shape index (κ2) is 3.96. The molecule has 90 valence electrons. The maximum Gasteiger partial charge on any atom is 0.263 e. The predicted molar refractivity (Wildman–Crippen MR) is 63.8 cm³/mol. The van der Waals surface area contributed by atoms with Crippen molar-refractivity contribution in [1.29, 1.82) is 0 Å². The summed E-state index contributed by atoms with van der Waals surface area (Å²) in [7, 11) is 0. The SMILES string of the molecule is Cc1noc2ncnc(N3CCCC(N)C3)c12. The number of nitrogens with two attached hydrogens (primary N) is 1. The molecule has 1 atom stereocenters. The Morgan fingerprint density at radius 1 is 1.47 bits per heavy atom. The summed E-state index contributed by atoms with van der Waals surface area (Å²) in [5.41, 5.74) is 7.37. The molecule has 0 spiro atoms. The topological polar surface area (TPSA) is 81.1 Å². The van der Waals surface area contributed by atoms with Crippen LogP contribution in [0.1, 0.15) is 18.5 Å². The zero-order valence-electron chi connectivity index (χ0n) is 9.76.